The van der Waals surface area contributed by atoms with E-state index < -0.39 is 105 Å². The summed E-state index contributed by atoms with van der Waals surface area (Å²) in [5, 5.41) is 15.5. The Balaban J connectivity index is 0.00000451. The van der Waals surface area contributed by atoms with Crippen LogP contribution < -0.4 is 26.6 Å². The summed E-state index contributed by atoms with van der Waals surface area (Å²) in [6.45, 7) is 22.6. The molecular weight excluding hydrogens is 1280 g/mol. The van der Waals surface area contributed by atoms with Crippen molar-refractivity contribution in [3.05, 3.63) is 136 Å². The number of ether oxygens (including phenoxy) is 2. The number of nitrogens with one attached hydrogen (secondary N) is 5. The first kappa shape index (κ1) is 77.5. The van der Waals surface area contributed by atoms with Gasteiger partial charge in [-0.25, -0.2) is 9.59 Å². The number of carbonyl (C=O) groups excluding carboxylic acids is 12. The number of benzene rings is 4. The number of anilines is 1. The van der Waals surface area contributed by atoms with Crippen LogP contribution in [0.4, 0.5) is 15.3 Å². The Morgan fingerprint density at radius 2 is 1.10 bits per heavy atom. The van der Waals surface area contributed by atoms with Crippen molar-refractivity contribution in [2.75, 3.05) is 32.2 Å². The summed E-state index contributed by atoms with van der Waals surface area (Å²) in [6.07, 6.45) is 5.58. The van der Waals surface area contributed by atoms with E-state index in [0.717, 1.165) is 53.5 Å². The van der Waals surface area contributed by atoms with Crippen LogP contribution >= 0.6 is 11.8 Å². The fourth-order valence-corrected chi connectivity index (χ4v) is 13.3. The lowest BCUT2D eigenvalue weighted by Gasteiger charge is -2.42. The van der Waals surface area contributed by atoms with Crippen LogP contribution in [0.3, 0.4) is 0 Å². The Bertz CT molecular complexity index is 3700. The van der Waals surface area contributed by atoms with E-state index in [-0.39, 0.29) is 79.3 Å². The number of amides is 9. The highest BCUT2D eigenvalue weighted by molar-refractivity contribution is 8.00. The molecule has 9 atom stereocenters. The maximum absolute atomic E-state index is 15.4. The van der Waals surface area contributed by atoms with Gasteiger partial charge in [0.25, 0.3) is 11.8 Å². The maximum atomic E-state index is 15.4. The third kappa shape index (κ3) is 19.7. The zero-order chi connectivity index (χ0) is 73.2. The number of aryl methyl sites for hydroxylation is 2. The second-order valence-electron chi connectivity index (χ2n) is 29.9. The number of Topliss-reactive ketones (excluding diaryl/α,β-unsaturated/α-hetero) is 1. The molecule has 0 saturated carbocycles. The number of ketones is 1. The van der Waals surface area contributed by atoms with Crippen molar-refractivity contribution in [1.29, 1.82) is 0 Å². The highest BCUT2D eigenvalue weighted by Gasteiger charge is 2.48. The predicted octanol–water partition coefficient (Wildman–Crippen LogP) is 9.45. The molecule has 2 heterocycles. The molecule has 9 amide bonds. The Kier molecular flexibility index (Phi) is 25.4. The van der Waals surface area contributed by atoms with Crippen LogP contribution in [0.2, 0.25) is 0 Å². The smallest absolute Gasteiger partial charge is 0.410 e. The Labute approximate surface area is 585 Å². The summed E-state index contributed by atoms with van der Waals surface area (Å²) in [5.41, 5.74) is 4.22. The highest BCUT2D eigenvalue weighted by Crippen LogP contribution is 2.38. The molecule has 99 heavy (non-hydrogen) atoms. The van der Waals surface area contributed by atoms with Gasteiger partial charge in [-0.2, -0.15) is 21.4 Å². The van der Waals surface area contributed by atoms with Crippen molar-refractivity contribution < 1.29 is 67.0 Å². The van der Waals surface area contributed by atoms with Gasteiger partial charge in [-0.3, -0.25) is 43.3 Å². The lowest BCUT2D eigenvalue weighted by Crippen LogP contribution is -2.63. The Morgan fingerprint density at radius 1 is 0.606 bits per heavy atom. The number of carbonyl (C=O) groups is 10. The van der Waals surface area contributed by atoms with Crippen LogP contribution in [-0.2, 0) is 73.6 Å². The summed E-state index contributed by atoms with van der Waals surface area (Å²) >= 11 is 1.36. The van der Waals surface area contributed by atoms with Gasteiger partial charge in [0, 0.05) is 73.5 Å². The molecule has 0 radical (unpaired) electrons. The van der Waals surface area contributed by atoms with Gasteiger partial charge >= 0.3 is 18.3 Å². The molecule has 24 heteroatoms. The number of nitrogens with zero attached hydrogens (tertiary/aromatic N) is 4. The molecule has 0 spiro atoms. The van der Waals surface area contributed by atoms with E-state index in [1.54, 1.807) is 67.5 Å². The number of thioether (sulfide) groups is 1. The second-order valence-corrected chi connectivity index (χ2v) is 31.3. The summed E-state index contributed by atoms with van der Waals surface area (Å²) in [5.74, 6) is -4.54. The molecule has 2 aliphatic carbocycles. The minimum atomic E-state index is -1.17. The van der Waals surface area contributed by atoms with Crippen LogP contribution in [0.1, 0.15) is 195 Å². The number of hydrogen-bond acceptors (Lipinski definition) is 15. The molecule has 5 N–H and O–H groups in total. The molecule has 2 aliphatic heterocycles. The molecule has 4 aromatic carbocycles. The van der Waals surface area contributed by atoms with E-state index >= 15 is 9.59 Å². The molecule has 1 fully saturated rings. The number of hydrogen-bond donors (Lipinski definition) is 5. The number of rotatable bonds is 19. The average molecular weight is 1380 g/mol. The van der Waals surface area contributed by atoms with Gasteiger partial charge in [0.05, 0.1) is 18.1 Å². The van der Waals surface area contributed by atoms with Crippen molar-refractivity contribution >= 4 is 82.9 Å². The van der Waals surface area contributed by atoms with Gasteiger partial charge in [-0.1, -0.05) is 75.4 Å². The van der Waals surface area contributed by atoms with E-state index in [1.165, 1.54) is 69.7 Å². The highest BCUT2D eigenvalue weighted by atomic mass is 32.2. The molecular formula is C75H99N9O14S. The first-order valence-corrected chi connectivity index (χ1v) is 35.1. The van der Waals surface area contributed by atoms with Gasteiger partial charge in [-0.15, -0.1) is 0 Å². The molecule has 0 bridgehead atoms. The summed E-state index contributed by atoms with van der Waals surface area (Å²) in [4.78, 5) is 164. The maximum Gasteiger partial charge on any atom is 0.410 e. The first-order valence-electron chi connectivity index (χ1n) is 33.9. The van der Waals surface area contributed by atoms with Crippen molar-refractivity contribution in [3.8, 4) is 0 Å². The third-order valence-corrected chi connectivity index (χ3v) is 20.3. The van der Waals surface area contributed by atoms with Crippen molar-refractivity contribution in [2.24, 2.45) is 11.3 Å². The normalized spacial score (nSPS) is 19.3. The molecule has 0 aromatic heterocycles. The van der Waals surface area contributed by atoms with E-state index in [0.29, 0.717) is 24.1 Å². The summed E-state index contributed by atoms with van der Waals surface area (Å²) in [7, 11) is 2.93. The minimum absolute atomic E-state index is 0.0318. The third-order valence-electron chi connectivity index (χ3n) is 19.1. The van der Waals surface area contributed by atoms with Gasteiger partial charge in [-0.05, 0) is 196 Å². The minimum Gasteiger partial charge on any atom is -0.444 e. The lowest BCUT2D eigenvalue weighted by atomic mass is 9.76. The molecule has 4 aliphatic rings. The van der Waals surface area contributed by atoms with Gasteiger partial charge < -0.3 is 50.8 Å². The molecule has 4 aromatic rings. The van der Waals surface area contributed by atoms with Crippen LogP contribution in [-0.4, -0.2) is 164 Å². The Morgan fingerprint density at radius 3 is 1.61 bits per heavy atom. The van der Waals surface area contributed by atoms with Crippen LogP contribution in [0.25, 0.3) is 0 Å². The second kappa shape index (κ2) is 32.4. The largest absolute Gasteiger partial charge is 0.444 e. The number of fused-ring (bicyclic) bond motifs is 3. The lowest BCUT2D eigenvalue weighted by molar-refractivity contribution is -0.191. The molecule has 23 nitrogen and oxygen atoms in total. The summed E-state index contributed by atoms with van der Waals surface area (Å²) < 4.78 is 10.2. The zero-order valence-corrected chi connectivity index (χ0v) is 60.9. The van der Waals surface area contributed by atoms with Crippen LogP contribution in [0.5, 0.6) is 0 Å². The van der Waals surface area contributed by atoms with Gasteiger partial charge in [0.2, 0.25) is 29.5 Å². The fraction of sp³-hybridized carbons (Fsp3) is 0.533. The number of likely N-dealkylation sites (N-methyl/N-ethyl adjacent to an activating group) is 2. The first-order chi connectivity index (χ1) is 46.4. The molecule has 534 valence electrons. The van der Waals surface area contributed by atoms with Gasteiger partial charge in [0.1, 0.15) is 35.4 Å². The van der Waals surface area contributed by atoms with E-state index in [4.69, 9.17) is 19.1 Å². The van der Waals surface area contributed by atoms with E-state index in [2.05, 4.69) is 38.7 Å². The molecule has 1 saturated heterocycles. The van der Waals surface area contributed by atoms with Crippen LogP contribution in [0.15, 0.2) is 91.0 Å². The zero-order valence-electron chi connectivity index (χ0n) is 60.0. The average Bonchev–Trinajstić information content (AvgIpc) is 1.77. The number of likely N-dealkylation sites (tertiary alicyclic amines) is 1. The van der Waals surface area contributed by atoms with Gasteiger partial charge in [0.15, 0.2) is 5.78 Å². The van der Waals surface area contributed by atoms with E-state index in [9.17, 15) is 38.4 Å². The van der Waals surface area contributed by atoms with Crippen molar-refractivity contribution in [2.45, 2.75) is 219 Å². The topological polar surface area (TPSA) is 296 Å². The molecule has 3 unspecified atom stereocenters. The monoisotopic (exact) mass is 1380 g/mol. The van der Waals surface area contributed by atoms with Crippen molar-refractivity contribution in [3.63, 3.8) is 0 Å². The van der Waals surface area contributed by atoms with Crippen molar-refractivity contribution in [1.82, 2.24) is 40.9 Å². The molecule has 8 rings (SSSR count). The summed E-state index contributed by atoms with van der Waals surface area (Å²) in [6, 6.07) is 20.9. The predicted molar refractivity (Wildman–Crippen MR) is 375 cm³/mol. The van der Waals surface area contributed by atoms with E-state index in [1.807, 2.05) is 83.3 Å². The standard InChI is InChI=1S/C74H99N9O12S.CO2/c1-43(80(14)69(92)94-72(6,7)8)60(84)40-55(71(3,4)5)67(90)83-42-52(39-59(83)66(89)78-57-30-22-26-46-24-18-20-28-54(46)57)76-64(87)48-33-31-47(32-34-48)63(86)75-51-36-35-49-38-58(65(88)77-56-29-21-25-45-23-17-19-27-53(45)56)82(41-50(49)37-51)68(91)61(74(12,13)96-16)79-62(85)44(2)81(15)70(93)95-73(9,10)11;2-1-3/h17-20,23-24,27-28,31-37,43-44,52,55-59,61H,21-22,25-26,29-30,38-42H2,1-16H3,(H,75,86)(H,76,87)(H,77,88)(H,78,89)(H,79,85);/t43-,44-,52?,55+,56+,57?,58?,59-,61+;/m0./s1. The quantitative estimate of drug-likeness (QED) is 0.0584. The SMILES string of the molecule is CSC(C)(C)[C@H](NC(=O)[C@H](C)N(C)C(=O)OC(C)(C)C)C(=O)N1Cc2cc(NC(=O)c3ccc(C(=O)NC4C[C@@H](C(=O)NC5CCCc6ccccc65)N(C(=O)[C@@H](CC(=O)[C@H](C)N(C)C(=O)OC(C)(C)C)C(C)(C)C)C4)cc3)ccc2CC1C(=O)N[C@@H]1CCCc2ccccc21.O=C=O. The Hall–Kier alpha value is -8.89. The van der Waals surface area contributed by atoms with Crippen LogP contribution in [0, 0.1) is 11.3 Å². The fourth-order valence-electron chi connectivity index (χ4n) is 12.9.